The molecule has 0 aliphatic heterocycles. The van der Waals surface area contributed by atoms with Gasteiger partial charge in [-0.05, 0) is 13.8 Å². The van der Waals surface area contributed by atoms with E-state index in [1.165, 1.54) is 0 Å². The zero-order chi connectivity index (χ0) is 10.6. The van der Waals surface area contributed by atoms with Crippen LogP contribution in [0.25, 0.3) is 0 Å². The molecule has 14 heavy (non-hydrogen) atoms. The molecule has 0 aromatic carbocycles. The number of hydrogen-bond acceptors (Lipinski definition) is 4. The summed E-state index contributed by atoms with van der Waals surface area (Å²) in [6.07, 6.45) is 0. The lowest BCUT2D eigenvalue weighted by Crippen LogP contribution is -2.11. The Labute approximate surface area is 88.7 Å². The van der Waals surface area contributed by atoms with Crippen molar-refractivity contribution < 1.29 is 4.74 Å². The van der Waals surface area contributed by atoms with E-state index in [1.807, 2.05) is 13.8 Å². The van der Waals surface area contributed by atoms with Crippen LogP contribution in [0.2, 0.25) is 5.15 Å². The number of aryl methyl sites for hydroxylation is 1. The van der Waals surface area contributed by atoms with Gasteiger partial charge in [-0.25, -0.2) is 9.97 Å². The maximum atomic E-state index is 5.91. The summed E-state index contributed by atoms with van der Waals surface area (Å²) in [4.78, 5) is 8.29. The number of halogens is 1. The zero-order valence-corrected chi connectivity index (χ0v) is 9.35. The number of hydrogen-bond donors (Lipinski definition) is 1. The van der Waals surface area contributed by atoms with Gasteiger partial charge in [0, 0.05) is 19.2 Å². The van der Waals surface area contributed by atoms with E-state index in [2.05, 4.69) is 15.3 Å². The van der Waals surface area contributed by atoms with Crippen LogP contribution in [0.5, 0.6) is 0 Å². The van der Waals surface area contributed by atoms with Crippen molar-refractivity contribution in [3.8, 4) is 0 Å². The van der Waals surface area contributed by atoms with Gasteiger partial charge in [0.05, 0.1) is 6.61 Å². The molecule has 0 aliphatic carbocycles. The summed E-state index contributed by atoms with van der Waals surface area (Å²) in [6, 6.07) is 0. The van der Waals surface area contributed by atoms with E-state index in [0.717, 1.165) is 11.4 Å². The summed E-state index contributed by atoms with van der Waals surface area (Å²) in [5.41, 5.74) is 0.869. The normalized spacial score (nSPS) is 10.3. The fourth-order valence-corrected chi connectivity index (χ4v) is 1.25. The van der Waals surface area contributed by atoms with Gasteiger partial charge in [0.25, 0.3) is 0 Å². The van der Waals surface area contributed by atoms with E-state index in [9.17, 15) is 0 Å². The Kier molecular flexibility index (Phi) is 4.10. The van der Waals surface area contributed by atoms with E-state index in [0.29, 0.717) is 24.1 Å². The van der Waals surface area contributed by atoms with Gasteiger partial charge in [-0.3, -0.25) is 0 Å². The molecule has 1 aromatic heterocycles. The molecule has 0 bridgehead atoms. The summed E-state index contributed by atoms with van der Waals surface area (Å²) < 4.78 is 4.93. The van der Waals surface area contributed by atoms with Crippen molar-refractivity contribution in [1.82, 2.24) is 9.97 Å². The van der Waals surface area contributed by atoms with E-state index in [1.54, 1.807) is 7.11 Å². The maximum Gasteiger partial charge on any atom is 0.137 e. The van der Waals surface area contributed by atoms with Gasteiger partial charge in [0.15, 0.2) is 0 Å². The van der Waals surface area contributed by atoms with Crippen LogP contribution in [-0.2, 0) is 4.74 Å². The van der Waals surface area contributed by atoms with Crippen molar-refractivity contribution >= 4 is 17.4 Å². The summed E-state index contributed by atoms with van der Waals surface area (Å²) >= 11 is 5.91. The highest BCUT2D eigenvalue weighted by Crippen LogP contribution is 2.18. The van der Waals surface area contributed by atoms with Crippen LogP contribution >= 0.6 is 11.6 Å². The average molecular weight is 216 g/mol. The van der Waals surface area contributed by atoms with Crippen molar-refractivity contribution in [3.05, 3.63) is 16.5 Å². The Morgan fingerprint density at radius 1 is 1.36 bits per heavy atom. The lowest BCUT2D eigenvalue weighted by Gasteiger charge is -2.09. The van der Waals surface area contributed by atoms with Gasteiger partial charge in [-0.15, -0.1) is 0 Å². The Morgan fingerprint density at radius 2 is 2.07 bits per heavy atom. The first-order chi connectivity index (χ1) is 6.65. The van der Waals surface area contributed by atoms with Gasteiger partial charge >= 0.3 is 0 Å². The van der Waals surface area contributed by atoms with E-state index in [4.69, 9.17) is 16.3 Å². The number of nitrogens with one attached hydrogen (secondary N) is 1. The second kappa shape index (κ2) is 5.12. The van der Waals surface area contributed by atoms with Gasteiger partial charge < -0.3 is 10.1 Å². The molecule has 1 rings (SSSR count). The van der Waals surface area contributed by atoms with Crippen molar-refractivity contribution in [1.29, 1.82) is 0 Å². The molecule has 78 valence electrons. The minimum Gasteiger partial charge on any atom is -0.383 e. The first-order valence-electron chi connectivity index (χ1n) is 4.38. The van der Waals surface area contributed by atoms with Crippen LogP contribution in [-0.4, -0.2) is 30.2 Å². The van der Waals surface area contributed by atoms with Crippen LogP contribution in [0.4, 0.5) is 5.82 Å². The summed E-state index contributed by atoms with van der Waals surface area (Å²) in [5.74, 6) is 1.44. The van der Waals surface area contributed by atoms with Gasteiger partial charge in [0.1, 0.15) is 16.8 Å². The quantitative estimate of drug-likeness (QED) is 0.615. The minimum atomic E-state index is 0.498. The summed E-state index contributed by atoms with van der Waals surface area (Å²) in [7, 11) is 1.66. The smallest absolute Gasteiger partial charge is 0.137 e. The Balaban J connectivity index is 2.75. The van der Waals surface area contributed by atoms with Crippen LogP contribution < -0.4 is 5.32 Å². The molecule has 0 atom stereocenters. The number of ether oxygens (including phenoxy) is 1. The second-order valence-electron chi connectivity index (χ2n) is 2.95. The summed E-state index contributed by atoms with van der Waals surface area (Å²) in [5, 5.41) is 3.63. The topological polar surface area (TPSA) is 47.0 Å². The number of rotatable bonds is 4. The van der Waals surface area contributed by atoms with E-state index in [-0.39, 0.29) is 0 Å². The highest BCUT2D eigenvalue weighted by molar-refractivity contribution is 6.30. The van der Waals surface area contributed by atoms with Crippen LogP contribution in [0, 0.1) is 13.8 Å². The third-order valence-electron chi connectivity index (χ3n) is 1.80. The van der Waals surface area contributed by atoms with Crippen molar-refractivity contribution in [2.75, 3.05) is 25.6 Å². The first-order valence-corrected chi connectivity index (χ1v) is 4.76. The number of anilines is 1. The minimum absolute atomic E-state index is 0.498. The largest absolute Gasteiger partial charge is 0.383 e. The molecular weight excluding hydrogens is 202 g/mol. The predicted molar refractivity (Wildman–Crippen MR) is 56.9 cm³/mol. The van der Waals surface area contributed by atoms with Crippen LogP contribution in [0.3, 0.4) is 0 Å². The van der Waals surface area contributed by atoms with Gasteiger partial charge in [0.2, 0.25) is 0 Å². The Hall–Kier alpha value is -0.870. The van der Waals surface area contributed by atoms with Crippen molar-refractivity contribution in [3.63, 3.8) is 0 Å². The molecule has 4 nitrogen and oxygen atoms in total. The average Bonchev–Trinajstić information content (AvgIpc) is 2.13. The van der Waals surface area contributed by atoms with Crippen LogP contribution in [0.1, 0.15) is 11.4 Å². The number of nitrogens with zero attached hydrogens (tertiary/aromatic N) is 2. The molecule has 0 fully saturated rings. The fourth-order valence-electron chi connectivity index (χ4n) is 1.04. The molecule has 0 saturated heterocycles. The van der Waals surface area contributed by atoms with Crippen molar-refractivity contribution in [2.24, 2.45) is 0 Å². The molecule has 1 N–H and O–H groups in total. The van der Waals surface area contributed by atoms with E-state index >= 15 is 0 Å². The monoisotopic (exact) mass is 215 g/mol. The summed E-state index contributed by atoms with van der Waals surface area (Å²) in [6.45, 7) is 5.05. The second-order valence-corrected chi connectivity index (χ2v) is 3.31. The lowest BCUT2D eigenvalue weighted by molar-refractivity contribution is 0.210. The predicted octanol–water partition coefficient (Wildman–Crippen LogP) is 1.81. The van der Waals surface area contributed by atoms with E-state index < -0.39 is 0 Å². The Bertz CT molecular complexity index is 317. The molecule has 0 saturated carbocycles. The third-order valence-corrected chi connectivity index (χ3v) is 2.16. The van der Waals surface area contributed by atoms with Gasteiger partial charge in [-0.1, -0.05) is 11.6 Å². The molecule has 0 unspecified atom stereocenters. The molecule has 0 radical (unpaired) electrons. The zero-order valence-electron chi connectivity index (χ0n) is 8.59. The molecule has 0 spiro atoms. The number of aromatic nitrogens is 2. The maximum absolute atomic E-state index is 5.91. The third kappa shape index (κ3) is 2.82. The highest BCUT2D eigenvalue weighted by Gasteiger charge is 2.05. The molecule has 1 aromatic rings. The number of methoxy groups -OCH3 is 1. The Morgan fingerprint density at radius 3 is 2.71 bits per heavy atom. The van der Waals surface area contributed by atoms with Gasteiger partial charge in [-0.2, -0.15) is 0 Å². The molecule has 5 heteroatoms. The standard InChI is InChI=1S/C9H14ClN3O/c1-6-8(10)12-7(2)13-9(6)11-4-5-14-3/h4-5H2,1-3H3,(H,11,12,13). The highest BCUT2D eigenvalue weighted by atomic mass is 35.5. The van der Waals surface area contributed by atoms with Crippen LogP contribution in [0.15, 0.2) is 0 Å². The molecular formula is C9H14ClN3O. The lowest BCUT2D eigenvalue weighted by atomic mass is 10.3. The fraction of sp³-hybridized carbons (Fsp3) is 0.556. The molecule has 0 aliphatic rings. The van der Waals surface area contributed by atoms with Crippen molar-refractivity contribution in [2.45, 2.75) is 13.8 Å². The molecule has 1 heterocycles. The molecule has 0 amide bonds. The SMILES string of the molecule is COCCNc1nc(C)nc(Cl)c1C. The first kappa shape index (κ1) is 11.2.